The topological polar surface area (TPSA) is 38.5 Å². The summed E-state index contributed by atoms with van der Waals surface area (Å²) in [6, 6.07) is 1.79. The third kappa shape index (κ3) is 2.54. The van der Waals surface area contributed by atoms with Crippen molar-refractivity contribution in [2.24, 2.45) is 0 Å². The average molecular weight is 181 g/mol. The fraction of sp³-hybridized carbons (Fsp3) is 0.667. The third-order valence-corrected chi connectivity index (χ3v) is 2.22. The van der Waals surface area contributed by atoms with Crippen molar-refractivity contribution in [1.82, 2.24) is 10.1 Å². The van der Waals surface area contributed by atoms with E-state index in [0.717, 1.165) is 45.0 Å². The minimum Gasteiger partial charge on any atom is -0.379 e. The van der Waals surface area contributed by atoms with E-state index in [2.05, 4.69) is 16.3 Å². The molecular weight excluding hydrogens is 168 g/mol. The summed E-state index contributed by atoms with van der Waals surface area (Å²) in [5.74, 6) is 0.909. The number of hydrogen-bond donors (Lipinski definition) is 0. The third-order valence-electron chi connectivity index (χ3n) is 2.22. The Bertz CT molecular complexity index is 230. The zero-order valence-corrected chi connectivity index (χ0v) is 7.53. The molecule has 0 N–H and O–H groups in total. The van der Waals surface area contributed by atoms with Gasteiger partial charge in [-0.2, -0.15) is 0 Å². The molecule has 0 bridgehead atoms. The van der Waals surface area contributed by atoms with Crippen LogP contribution in [-0.2, 0) is 11.2 Å². The van der Waals surface area contributed by atoms with Crippen LogP contribution in [0.3, 0.4) is 0 Å². The van der Waals surface area contributed by atoms with E-state index in [4.69, 9.17) is 9.26 Å². The van der Waals surface area contributed by atoms with E-state index in [9.17, 15) is 0 Å². The summed E-state index contributed by atoms with van der Waals surface area (Å²) in [6.07, 6.45) is 3.57. The molecule has 1 aliphatic rings. The predicted molar refractivity (Wildman–Crippen MR) is 46.3 cm³/mol. The first-order valence-corrected chi connectivity index (χ1v) is 4.57. The fourth-order valence-electron chi connectivity index (χ4n) is 1.42. The van der Waals surface area contributed by atoms with E-state index in [1.165, 1.54) is 0 Å². The van der Waals surface area contributed by atoms with Crippen LogP contribution in [0.2, 0.25) is 0 Å². The zero-order chi connectivity index (χ0) is 8.93. The number of ether oxygens (including phenoxy) is 1. The molecule has 4 nitrogen and oxygen atoms in total. The lowest BCUT2D eigenvalue weighted by Gasteiger charge is -2.25. The summed E-state index contributed by atoms with van der Waals surface area (Å²) in [5, 5.41) is 3.54. The van der Waals surface area contributed by atoms with Crippen LogP contribution in [0.4, 0.5) is 0 Å². The molecule has 1 aromatic heterocycles. The van der Waals surface area contributed by atoms with Crippen molar-refractivity contribution >= 4 is 0 Å². The Balaban J connectivity index is 1.72. The molecule has 0 unspecified atom stereocenters. The molecule has 0 spiro atoms. The summed E-state index contributed by atoms with van der Waals surface area (Å²) < 4.78 is 10.2. The number of rotatable bonds is 3. The molecule has 71 valence electrons. The monoisotopic (exact) mass is 181 g/mol. The molecule has 1 saturated heterocycles. The summed E-state index contributed by atoms with van der Waals surface area (Å²) in [6.45, 7) is 4.77. The summed E-state index contributed by atoms with van der Waals surface area (Å²) in [5.41, 5.74) is 0. The largest absolute Gasteiger partial charge is 0.379 e. The van der Waals surface area contributed by atoms with Gasteiger partial charge in [0.1, 0.15) is 12.0 Å². The van der Waals surface area contributed by atoms with Crippen LogP contribution in [-0.4, -0.2) is 42.9 Å². The van der Waals surface area contributed by atoms with Crippen molar-refractivity contribution in [3.05, 3.63) is 18.0 Å². The van der Waals surface area contributed by atoms with Gasteiger partial charge < -0.3 is 9.26 Å². The highest BCUT2D eigenvalue weighted by molar-refractivity contribution is 4.92. The molecule has 0 aromatic carbocycles. The lowest BCUT2D eigenvalue weighted by Crippen LogP contribution is -2.37. The molecule has 2 rings (SSSR count). The maximum absolute atomic E-state index is 5.25. The van der Waals surface area contributed by atoms with E-state index < -0.39 is 0 Å². The van der Waals surface area contributed by atoms with Crippen molar-refractivity contribution in [3.63, 3.8) is 0 Å². The van der Waals surface area contributed by atoms with Crippen LogP contribution < -0.4 is 0 Å². The Morgan fingerprint density at radius 2 is 2.31 bits per heavy atom. The molecule has 1 fully saturated rings. The molecule has 4 heteroatoms. The molecular formula is C9H13N2O2. The molecule has 1 radical (unpaired) electrons. The van der Waals surface area contributed by atoms with E-state index in [-0.39, 0.29) is 0 Å². The van der Waals surface area contributed by atoms with Crippen LogP contribution in [0, 0.1) is 6.20 Å². The van der Waals surface area contributed by atoms with Crippen molar-refractivity contribution in [2.75, 3.05) is 32.8 Å². The molecule has 1 aromatic rings. The van der Waals surface area contributed by atoms with Crippen LogP contribution >= 0.6 is 0 Å². The first-order valence-electron chi connectivity index (χ1n) is 4.57. The standard InChI is InChI=1S/C9H13N2O2/c1-3-10-13-9(1)2-4-11-5-7-12-8-6-11/h1H,2,4-8H2. The van der Waals surface area contributed by atoms with Gasteiger partial charge in [-0.1, -0.05) is 5.16 Å². The second-order valence-corrected chi connectivity index (χ2v) is 3.13. The Hall–Kier alpha value is -0.870. The van der Waals surface area contributed by atoms with Gasteiger partial charge in [0.25, 0.3) is 0 Å². The van der Waals surface area contributed by atoms with Gasteiger partial charge in [0.15, 0.2) is 0 Å². The van der Waals surface area contributed by atoms with E-state index >= 15 is 0 Å². The number of nitrogens with zero attached hydrogens (tertiary/aromatic N) is 2. The van der Waals surface area contributed by atoms with Gasteiger partial charge in [-0.05, 0) is 0 Å². The van der Waals surface area contributed by atoms with Gasteiger partial charge in [0.2, 0.25) is 0 Å². The quantitative estimate of drug-likeness (QED) is 0.674. The molecule has 0 aliphatic carbocycles. The number of morpholine rings is 1. The smallest absolute Gasteiger partial charge is 0.138 e. The van der Waals surface area contributed by atoms with Crippen LogP contribution in [0.15, 0.2) is 10.6 Å². The van der Waals surface area contributed by atoms with E-state index in [1.807, 2.05) is 0 Å². The Morgan fingerprint density at radius 3 is 3.00 bits per heavy atom. The highest BCUT2D eigenvalue weighted by atomic mass is 16.5. The zero-order valence-electron chi connectivity index (χ0n) is 7.53. The normalized spacial score (nSPS) is 19.1. The molecule has 0 saturated carbocycles. The van der Waals surface area contributed by atoms with Gasteiger partial charge in [-0.25, -0.2) is 0 Å². The minimum atomic E-state index is 0.850. The van der Waals surface area contributed by atoms with Gasteiger partial charge in [-0.15, -0.1) is 0 Å². The van der Waals surface area contributed by atoms with Crippen LogP contribution in [0.25, 0.3) is 0 Å². The highest BCUT2D eigenvalue weighted by Gasteiger charge is 2.10. The Morgan fingerprint density at radius 1 is 1.46 bits per heavy atom. The molecule has 0 amide bonds. The van der Waals surface area contributed by atoms with E-state index in [0.29, 0.717) is 0 Å². The van der Waals surface area contributed by atoms with Gasteiger partial charge >= 0.3 is 0 Å². The molecule has 1 aliphatic heterocycles. The molecule has 13 heavy (non-hydrogen) atoms. The van der Waals surface area contributed by atoms with Crippen molar-refractivity contribution < 1.29 is 9.26 Å². The Kier molecular flexibility index (Phi) is 2.94. The molecule has 0 atom stereocenters. The lowest BCUT2D eigenvalue weighted by atomic mass is 10.3. The summed E-state index contributed by atoms with van der Waals surface area (Å²) >= 11 is 0. The van der Waals surface area contributed by atoms with Crippen molar-refractivity contribution in [3.8, 4) is 0 Å². The van der Waals surface area contributed by atoms with E-state index in [1.54, 1.807) is 6.07 Å². The van der Waals surface area contributed by atoms with Gasteiger partial charge in [0, 0.05) is 32.1 Å². The van der Waals surface area contributed by atoms with Crippen LogP contribution in [0.5, 0.6) is 0 Å². The fourth-order valence-corrected chi connectivity index (χ4v) is 1.42. The first kappa shape index (κ1) is 8.72. The number of aromatic nitrogens is 1. The predicted octanol–water partition coefficient (Wildman–Crippen LogP) is 0.349. The first-order chi connectivity index (χ1) is 6.45. The maximum Gasteiger partial charge on any atom is 0.138 e. The van der Waals surface area contributed by atoms with Crippen LogP contribution in [0.1, 0.15) is 5.76 Å². The van der Waals surface area contributed by atoms with Gasteiger partial charge in [-0.3, -0.25) is 4.90 Å². The number of hydrogen-bond acceptors (Lipinski definition) is 4. The van der Waals surface area contributed by atoms with Gasteiger partial charge in [0.05, 0.1) is 13.2 Å². The maximum atomic E-state index is 5.25. The Labute approximate surface area is 77.5 Å². The minimum absolute atomic E-state index is 0.850. The lowest BCUT2D eigenvalue weighted by molar-refractivity contribution is 0.0377. The molecule has 2 heterocycles. The second kappa shape index (κ2) is 4.39. The second-order valence-electron chi connectivity index (χ2n) is 3.13. The summed E-state index contributed by atoms with van der Waals surface area (Å²) in [4.78, 5) is 2.37. The SMILES string of the molecule is [c]1cc(CCN2CCOCC2)on1. The average Bonchev–Trinajstić information content (AvgIpc) is 2.69. The highest BCUT2D eigenvalue weighted by Crippen LogP contribution is 2.01. The van der Waals surface area contributed by atoms with Crippen molar-refractivity contribution in [1.29, 1.82) is 0 Å². The summed E-state index contributed by atoms with van der Waals surface area (Å²) in [7, 11) is 0. The van der Waals surface area contributed by atoms with Crippen molar-refractivity contribution in [2.45, 2.75) is 6.42 Å².